The molecule has 2 N–H and O–H groups in total. The second-order valence-corrected chi connectivity index (χ2v) is 11.3. The maximum Gasteiger partial charge on any atom is 0.407 e. The summed E-state index contributed by atoms with van der Waals surface area (Å²) < 4.78 is 36.3. The van der Waals surface area contributed by atoms with Crippen LogP contribution in [0, 0.1) is 11.6 Å². The summed E-state index contributed by atoms with van der Waals surface area (Å²) in [6.45, 7) is 0.112. The SMILES string of the molecule is COc1c(Cl)c(F)c(-c2cnccn2)c(C(=O)c2cc3cccc(F)c3s2)c1CNC1CCC(N(C)C(=O)O)CC1. The van der Waals surface area contributed by atoms with Crippen LogP contribution in [-0.4, -0.2) is 58.1 Å². The van der Waals surface area contributed by atoms with Gasteiger partial charge in [0.2, 0.25) is 5.78 Å². The summed E-state index contributed by atoms with van der Waals surface area (Å²) in [7, 11) is 2.92. The number of nitrogens with one attached hydrogen (secondary N) is 1. The summed E-state index contributed by atoms with van der Waals surface area (Å²) in [5.41, 5.74) is 0.342. The first-order chi connectivity index (χ1) is 19.7. The van der Waals surface area contributed by atoms with E-state index in [1.54, 1.807) is 25.2 Å². The Bertz CT molecular complexity index is 1610. The van der Waals surface area contributed by atoms with E-state index < -0.39 is 23.5 Å². The van der Waals surface area contributed by atoms with Crippen LogP contribution in [-0.2, 0) is 6.54 Å². The van der Waals surface area contributed by atoms with Gasteiger partial charge in [-0.15, -0.1) is 11.3 Å². The Hall–Kier alpha value is -3.67. The molecule has 2 aromatic heterocycles. The molecule has 8 nitrogen and oxygen atoms in total. The first kappa shape index (κ1) is 28.8. The number of fused-ring (bicyclic) bond motifs is 1. The zero-order valence-corrected chi connectivity index (χ0v) is 23.9. The van der Waals surface area contributed by atoms with Crippen molar-refractivity contribution in [3.8, 4) is 17.0 Å². The molecule has 1 amide bonds. The summed E-state index contributed by atoms with van der Waals surface area (Å²) >= 11 is 7.46. The van der Waals surface area contributed by atoms with E-state index in [0.29, 0.717) is 41.3 Å². The van der Waals surface area contributed by atoms with Gasteiger partial charge in [0, 0.05) is 49.2 Å². The number of amides is 1. The maximum atomic E-state index is 15.9. The van der Waals surface area contributed by atoms with Crippen molar-refractivity contribution in [1.29, 1.82) is 0 Å². The lowest BCUT2D eigenvalue weighted by atomic mass is 9.89. The maximum absolute atomic E-state index is 15.9. The van der Waals surface area contributed by atoms with Crippen molar-refractivity contribution >= 4 is 44.9 Å². The quantitative estimate of drug-likeness (QED) is 0.221. The molecule has 0 bridgehead atoms. The van der Waals surface area contributed by atoms with E-state index in [-0.39, 0.29) is 51.1 Å². The molecule has 1 saturated carbocycles. The fourth-order valence-corrected chi connectivity index (χ4v) is 6.65. The molecule has 0 radical (unpaired) electrons. The Morgan fingerprint density at radius 3 is 2.61 bits per heavy atom. The van der Waals surface area contributed by atoms with E-state index in [1.807, 2.05) is 0 Å². The molecule has 4 aromatic rings. The number of benzene rings is 2. The Labute approximate surface area is 243 Å². The van der Waals surface area contributed by atoms with Crippen LogP contribution in [0.4, 0.5) is 13.6 Å². The van der Waals surface area contributed by atoms with Gasteiger partial charge in [-0.2, -0.15) is 0 Å². The number of rotatable bonds is 8. The summed E-state index contributed by atoms with van der Waals surface area (Å²) in [6, 6.07) is 6.12. The van der Waals surface area contributed by atoms with Gasteiger partial charge in [0.25, 0.3) is 0 Å². The number of aromatic nitrogens is 2. The average Bonchev–Trinajstić information content (AvgIpc) is 3.43. The van der Waals surface area contributed by atoms with Crippen LogP contribution in [0.1, 0.15) is 46.5 Å². The number of halogens is 3. The number of methoxy groups -OCH3 is 1. The van der Waals surface area contributed by atoms with Gasteiger partial charge >= 0.3 is 6.09 Å². The lowest BCUT2D eigenvalue weighted by Crippen LogP contribution is -2.42. The summed E-state index contributed by atoms with van der Waals surface area (Å²) in [6.07, 6.45) is 5.96. The zero-order chi connectivity index (χ0) is 29.3. The fraction of sp³-hybridized carbons (Fsp3) is 0.310. The number of ketones is 1. The molecule has 214 valence electrons. The Kier molecular flexibility index (Phi) is 8.48. The van der Waals surface area contributed by atoms with Gasteiger partial charge in [0.15, 0.2) is 5.82 Å². The van der Waals surface area contributed by atoms with Gasteiger partial charge in [-0.3, -0.25) is 14.8 Å². The molecule has 0 aliphatic heterocycles. The molecule has 2 aromatic carbocycles. The molecule has 41 heavy (non-hydrogen) atoms. The monoisotopic (exact) mass is 600 g/mol. The molecule has 2 heterocycles. The zero-order valence-electron chi connectivity index (χ0n) is 22.3. The summed E-state index contributed by atoms with van der Waals surface area (Å²) in [5.74, 6) is -1.84. The van der Waals surface area contributed by atoms with Gasteiger partial charge < -0.3 is 20.1 Å². The third kappa shape index (κ3) is 5.61. The number of hydrogen-bond acceptors (Lipinski definition) is 7. The number of thiophene rings is 1. The van der Waals surface area contributed by atoms with Crippen molar-refractivity contribution < 1.29 is 28.2 Å². The Morgan fingerprint density at radius 2 is 1.98 bits per heavy atom. The molecule has 0 spiro atoms. The standard InChI is InChI=1S/C29H27ClF2N4O4S/c1-36(29(38)39)17-8-6-16(7-9-17)35-13-18-22(26(37)21-12-15-4-3-5-19(31)28(15)41-21)23(20-14-33-10-11-34-20)25(32)24(30)27(18)40-2/h3-5,10-12,14,16-17,35H,6-9,13H2,1-2H3,(H,38,39). The smallest absolute Gasteiger partial charge is 0.407 e. The largest absolute Gasteiger partial charge is 0.495 e. The van der Waals surface area contributed by atoms with E-state index in [1.165, 1.54) is 36.7 Å². The van der Waals surface area contributed by atoms with Gasteiger partial charge in [-0.05, 0) is 43.2 Å². The highest BCUT2D eigenvalue weighted by atomic mass is 35.5. The van der Waals surface area contributed by atoms with Gasteiger partial charge in [0.1, 0.15) is 16.6 Å². The summed E-state index contributed by atoms with van der Waals surface area (Å²) in [4.78, 5) is 35.4. The van der Waals surface area contributed by atoms with Gasteiger partial charge in [-0.1, -0.05) is 23.7 Å². The highest BCUT2D eigenvalue weighted by Crippen LogP contribution is 2.43. The predicted molar refractivity (Wildman–Crippen MR) is 153 cm³/mol. The molecule has 5 rings (SSSR count). The predicted octanol–water partition coefficient (Wildman–Crippen LogP) is 6.54. The van der Waals surface area contributed by atoms with E-state index in [2.05, 4.69) is 15.3 Å². The number of carbonyl (C=O) groups is 2. The third-order valence-corrected chi connectivity index (χ3v) is 9.02. The van der Waals surface area contributed by atoms with Crippen LogP contribution in [0.5, 0.6) is 5.75 Å². The van der Waals surface area contributed by atoms with Crippen molar-refractivity contribution in [3.05, 3.63) is 75.5 Å². The van der Waals surface area contributed by atoms with Crippen LogP contribution in [0.25, 0.3) is 21.3 Å². The number of carboxylic acid groups (broad SMARTS) is 1. The molecule has 0 atom stereocenters. The molecule has 1 aliphatic carbocycles. The number of carbonyl (C=O) groups excluding carboxylic acids is 1. The number of hydrogen-bond donors (Lipinski definition) is 2. The summed E-state index contributed by atoms with van der Waals surface area (Å²) in [5, 5.41) is 13.0. The second-order valence-electron chi connectivity index (χ2n) is 9.86. The minimum atomic E-state index is -0.965. The highest BCUT2D eigenvalue weighted by Gasteiger charge is 2.32. The first-order valence-electron chi connectivity index (χ1n) is 13.0. The lowest BCUT2D eigenvalue weighted by molar-refractivity contribution is 0.104. The van der Waals surface area contributed by atoms with Crippen molar-refractivity contribution in [1.82, 2.24) is 20.2 Å². The van der Waals surface area contributed by atoms with E-state index in [4.69, 9.17) is 16.3 Å². The minimum absolute atomic E-state index is 0.00279. The van der Waals surface area contributed by atoms with Crippen molar-refractivity contribution in [2.75, 3.05) is 14.2 Å². The van der Waals surface area contributed by atoms with Crippen molar-refractivity contribution in [2.45, 2.75) is 44.3 Å². The van der Waals surface area contributed by atoms with E-state index in [0.717, 1.165) is 11.3 Å². The molecule has 0 saturated heterocycles. The first-order valence-corrected chi connectivity index (χ1v) is 14.2. The van der Waals surface area contributed by atoms with Crippen molar-refractivity contribution in [2.24, 2.45) is 0 Å². The second kappa shape index (κ2) is 12.1. The molecular formula is C29H27ClF2N4O4S. The van der Waals surface area contributed by atoms with Crippen LogP contribution in [0.3, 0.4) is 0 Å². The van der Waals surface area contributed by atoms with E-state index >= 15 is 4.39 Å². The van der Waals surface area contributed by atoms with E-state index in [9.17, 15) is 19.1 Å². The molecule has 12 heteroatoms. The van der Waals surface area contributed by atoms with Crippen LogP contribution in [0.2, 0.25) is 5.02 Å². The molecule has 1 aliphatic rings. The Balaban J connectivity index is 1.58. The van der Waals surface area contributed by atoms with Crippen LogP contribution < -0.4 is 10.1 Å². The number of nitrogens with zero attached hydrogens (tertiary/aromatic N) is 3. The number of ether oxygens (including phenoxy) is 1. The minimum Gasteiger partial charge on any atom is -0.495 e. The molecule has 1 fully saturated rings. The molecule has 0 unspecified atom stereocenters. The van der Waals surface area contributed by atoms with Crippen LogP contribution >= 0.6 is 22.9 Å². The molecular weight excluding hydrogens is 574 g/mol. The normalized spacial score (nSPS) is 17.0. The van der Waals surface area contributed by atoms with Crippen molar-refractivity contribution in [3.63, 3.8) is 0 Å². The average molecular weight is 601 g/mol. The van der Waals surface area contributed by atoms with Crippen LogP contribution in [0.15, 0.2) is 42.9 Å². The van der Waals surface area contributed by atoms with Gasteiger partial charge in [0.05, 0.1) is 34.1 Å². The fourth-order valence-electron chi connectivity index (χ4n) is 5.35. The Morgan fingerprint density at radius 1 is 1.22 bits per heavy atom. The third-order valence-electron chi connectivity index (χ3n) is 7.52. The lowest BCUT2D eigenvalue weighted by Gasteiger charge is -2.33. The topological polar surface area (TPSA) is 105 Å². The highest BCUT2D eigenvalue weighted by molar-refractivity contribution is 7.21. The van der Waals surface area contributed by atoms with Gasteiger partial charge in [-0.25, -0.2) is 13.6 Å².